The van der Waals surface area contributed by atoms with E-state index in [1.165, 1.54) is 0 Å². The molecule has 0 saturated heterocycles. The van der Waals surface area contributed by atoms with Crippen LogP contribution >= 0.6 is 0 Å². The molecule has 6 heteroatoms. The van der Waals surface area contributed by atoms with Gasteiger partial charge in [0.05, 0.1) is 12.2 Å². The lowest BCUT2D eigenvalue weighted by molar-refractivity contribution is -0.156. The number of rotatable bonds is 6. The van der Waals surface area contributed by atoms with Crippen molar-refractivity contribution in [2.24, 2.45) is 5.41 Å². The van der Waals surface area contributed by atoms with E-state index in [0.29, 0.717) is 0 Å². The molecule has 1 rings (SSSR count). The van der Waals surface area contributed by atoms with Crippen molar-refractivity contribution < 1.29 is 14.7 Å². The van der Waals surface area contributed by atoms with Gasteiger partial charge in [-0.1, -0.05) is 13.8 Å². The summed E-state index contributed by atoms with van der Waals surface area (Å²) in [7, 11) is 0. The topological polar surface area (TPSA) is 95.1 Å². The Hall–Kier alpha value is -1.85. The SMILES string of the molecule is CCC(CC)(C(=O)O)C(=O)NC(C)c1cn[nH]c1. The number of H-pyrrole nitrogens is 1. The number of amides is 1. The molecule has 3 N–H and O–H groups in total. The highest BCUT2D eigenvalue weighted by atomic mass is 16.4. The van der Waals surface area contributed by atoms with Gasteiger partial charge >= 0.3 is 5.97 Å². The maximum Gasteiger partial charge on any atom is 0.319 e. The van der Waals surface area contributed by atoms with E-state index in [2.05, 4.69) is 15.5 Å². The van der Waals surface area contributed by atoms with Crippen LogP contribution in [0.1, 0.15) is 45.2 Å². The summed E-state index contributed by atoms with van der Waals surface area (Å²) in [5.41, 5.74) is -0.535. The average Bonchev–Trinajstić information content (AvgIpc) is 2.84. The van der Waals surface area contributed by atoms with Crippen LogP contribution in [0.3, 0.4) is 0 Å². The molecule has 1 heterocycles. The van der Waals surface area contributed by atoms with Crippen LogP contribution in [0.4, 0.5) is 0 Å². The molecule has 0 saturated carbocycles. The fraction of sp³-hybridized carbons (Fsp3) is 0.583. The molecule has 0 aromatic carbocycles. The Morgan fingerprint density at radius 1 is 1.50 bits per heavy atom. The Labute approximate surface area is 106 Å². The normalized spacial score (nSPS) is 13.1. The number of hydrogen-bond donors (Lipinski definition) is 3. The average molecular weight is 253 g/mol. The van der Waals surface area contributed by atoms with Crippen LogP contribution in [0.5, 0.6) is 0 Å². The summed E-state index contributed by atoms with van der Waals surface area (Å²) in [6, 6.07) is -0.270. The molecule has 18 heavy (non-hydrogen) atoms. The first-order valence-corrected chi connectivity index (χ1v) is 6.01. The Balaban J connectivity index is 2.83. The first-order chi connectivity index (χ1) is 8.47. The summed E-state index contributed by atoms with van der Waals surface area (Å²) in [4.78, 5) is 23.5. The maximum absolute atomic E-state index is 12.2. The quantitative estimate of drug-likeness (QED) is 0.669. The highest BCUT2D eigenvalue weighted by molar-refractivity contribution is 6.01. The van der Waals surface area contributed by atoms with Crippen molar-refractivity contribution in [3.63, 3.8) is 0 Å². The van der Waals surface area contributed by atoms with Crippen molar-refractivity contribution in [1.29, 1.82) is 0 Å². The van der Waals surface area contributed by atoms with Crippen molar-refractivity contribution in [3.8, 4) is 0 Å². The number of carboxylic acid groups (broad SMARTS) is 1. The smallest absolute Gasteiger partial charge is 0.319 e. The second kappa shape index (κ2) is 5.66. The molecular formula is C12H19N3O3. The summed E-state index contributed by atoms with van der Waals surface area (Å²) >= 11 is 0. The molecule has 100 valence electrons. The lowest BCUT2D eigenvalue weighted by Gasteiger charge is -2.27. The van der Waals surface area contributed by atoms with Crippen LogP contribution in [-0.4, -0.2) is 27.2 Å². The molecule has 0 aliphatic carbocycles. The minimum Gasteiger partial charge on any atom is -0.480 e. The number of aliphatic carboxylic acids is 1. The Morgan fingerprint density at radius 3 is 2.50 bits per heavy atom. The van der Waals surface area contributed by atoms with Crippen LogP contribution < -0.4 is 5.32 Å². The summed E-state index contributed by atoms with van der Waals surface area (Å²) < 4.78 is 0. The predicted molar refractivity (Wildman–Crippen MR) is 65.8 cm³/mol. The molecule has 0 bridgehead atoms. The number of nitrogens with one attached hydrogen (secondary N) is 2. The number of carbonyl (C=O) groups is 2. The number of carboxylic acids is 1. The van der Waals surface area contributed by atoms with Crippen molar-refractivity contribution >= 4 is 11.9 Å². The van der Waals surface area contributed by atoms with Gasteiger partial charge in [-0.25, -0.2) is 0 Å². The summed E-state index contributed by atoms with van der Waals surface area (Å²) in [5.74, 6) is -1.53. The maximum atomic E-state index is 12.2. The third-order valence-corrected chi connectivity index (χ3v) is 3.42. The number of aromatic nitrogens is 2. The third kappa shape index (κ3) is 2.52. The van der Waals surface area contributed by atoms with E-state index in [1.807, 2.05) is 0 Å². The van der Waals surface area contributed by atoms with Gasteiger partial charge < -0.3 is 10.4 Å². The van der Waals surface area contributed by atoms with Gasteiger partial charge in [0.25, 0.3) is 0 Å². The van der Waals surface area contributed by atoms with E-state index in [1.54, 1.807) is 33.2 Å². The molecule has 1 unspecified atom stereocenters. The van der Waals surface area contributed by atoms with Gasteiger partial charge in [-0.15, -0.1) is 0 Å². The van der Waals surface area contributed by atoms with Crippen LogP contribution in [0, 0.1) is 5.41 Å². The highest BCUT2D eigenvalue weighted by Crippen LogP contribution is 2.28. The molecular weight excluding hydrogens is 234 g/mol. The molecule has 0 radical (unpaired) electrons. The molecule has 1 atom stereocenters. The zero-order chi connectivity index (χ0) is 13.8. The Kier molecular flexibility index (Phi) is 4.47. The highest BCUT2D eigenvalue weighted by Gasteiger charge is 2.43. The number of aromatic amines is 1. The summed E-state index contributed by atoms with van der Waals surface area (Å²) in [5, 5.41) is 18.4. The standard InChI is InChI=1S/C12H19N3O3/c1-4-12(5-2,11(17)18)10(16)15-8(3)9-6-13-14-7-9/h6-8H,4-5H2,1-3H3,(H,13,14)(H,15,16)(H,17,18). The third-order valence-electron chi connectivity index (χ3n) is 3.42. The second-order valence-corrected chi connectivity index (χ2v) is 4.32. The molecule has 1 amide bonds. The predicted octanol–water partition coefficient (Wildman–Crippen LogP) is 1.48. The molecule has 0 aliphatic rings. The van der Waals surface area contributed by atoms with Crippen LogP contribution in [0.2, 0.25) is 0 Å². The van der Waals surface area contributed by atoms with Crippen LogP contribution in [-0.2, 0) is 9.59 Å². The first kappa shape index (κ1) is 14.2. The van der Waals surface area contributed by atoms with E-state index >= 15 is 0 Å². The molecule has 6 nitrogen and oxygen atoms in total. The van der Waals surface area contributed by atoms with E-state index in [-0.39, 0.29) is 18.9 Å². The van der Waals surface area contributed by atoms with Crippen molar-refractivity contribution in [2.75, 3.05) is 0 Å². The Bertz CT molecular complexity index is 410. The fourth-order valence-corrected chi connectivity index (χ4v) is 1.89. The number of nitrogens with zero attached hydrogens (tertiary/aromatic N) is 1. The van der Waals surface area contributed by atoms with Gasteiger partial charge in [0, 0.05) is 11.8 Å². The molecule has 0 spiro atoms. The Morgan fingerprint density at radius 2 is 2.11 bits per heavy atom. The van der Waals surface area contributed by atoms with Crippen molar-refractivity contribution in [2.45, 2.75) is 39.7 Å². The molecule has 1 aromatic heterocycles. The summed E-state index contributed by atoms with van der Waals surface area (Å²) in [6.45, 7) is 5.21. The molecule has 1 aromatic rings. The lowest BCUT2D eigenvalue weighted by Crippen LogP contribution is -2.46. The fourth-order valence-electron chi connectivity index (χ4n) is 1.89. The van der Waals surface area contributed by atoms with Gasteiger partial charge in [0.1, 0.15) is 5.41 Å². The minimum absolute atomic E-state index is 0.267. The van der Waals surface area contributed by atoms with E-state index in [4.69, 9.17) is 0 Å². The van der Waals surface area contributed by atoms with E-state index < -0.39 is 17.3 Å². The largest absolute Gasteiger partial charge is 0.480 e. The van der Waals surface area contributed by atoms with Gasteiger partial charge in [0.15, 0.2) is 0 Å². The first-order valence-electron chi connectivity index (χ1n) is 6.01. The minimum atomic E-state index is -1.35. The van der Waals surface area contributed by atoms with Crippen LogP contribution in [0.25, 0.3) is 0 Å². The van der Waals surface area contributed by atoms with Gasteiger partial charge in [-0.2, -0.15) is 5.10 Å². The zero-order valence-corrected chi connectivity index (χ0v) is 10.9. The molecule has 0 aliphatic heterocycles. The summed E-state index contributed by atoms with van der Waals surface area (Å²) in [6.07, 6.45) is 3.81. The number of carbonyl (C=O) groups excluding carboxylic acids is 1. The van der Waals surface area contributed by atoms with Crippen molar-refractivity contribution in [3.05, 3.63) is 18.0 Å². The number of hydrogen-bond acceptors (Lipinski definition) is 3. The van der Waals surface area contributed by atoms with E-state index in [9.17, 15) is 14.7 Å². The van der Waals surface area contributed by atoms with Gasteiger partial charge in [-0.3, -0.25) is 14.7 Å². The van der Waals surface area contributed by atoms with E-state index in [0.717, 1.165) is 5.56 Å². The monoisotopic (exact) mass is 253 g/mol. The second-order valence-electron chi connectivity index (χ2n) is 4.32. The zero-order valence-electron chi connectivity index (χ0n) is 10.9. The molecule has 0 fully saturated rings. The van der Waals surface area contributed by atoms with Crippen molar-refractivity contribution in [1.82, 2.24) is 15.5 Å². The van der Waals surface area contributed by atoms with Gasteiger partial charge in [-0.05, 0) is 19.8 Å². The lowest BCUT2D eigenvalue weighted by atomic mass is 9.81. The van der Waals surface area contributed by atoms with Gasteiger partial charge in [0.2, 0.25) is 5.91 Å². The van der Waals surface area contributed by atoms with Crippen LogP contribution in [0.15, 0.2) is 12.4 Å².